The number of benzene rings is 1. The summed E-state index contributed by atoms with van der Waals surface area (Å²) in [5.41, 5.74) is 7.57. The molecule has 0 unspecified atom stereocenters. The van der Waals surface area contributed by atoms with Crippen LogP contribution in [0.2, 0.25) is 0 Å². The number of rotatable bonds is 5. The quantitative estimate of drug-likeness (QED) is 0.648. The predicted molar refractivity (Wildman–Crippen MR) is 115 cm³/mol. The number of hydrogen-bond acceptors (Lipinski definition) is 5. The summed E-state index contributed by atoms with van der Waals surface area (Å²) < 4.78 is 5.37. The van der Waals surface area contributed by atoms with Crippen LogP contribution in [0, 0.1) is 5.92 Å². The van der Waals surface area contributed by atoms with Crippen molar-refractivity contribution in [2.45, 2.75) is 33.1 Å². The summed E-state index contributed by atoms with van der Waals surface area (Å²) >= 11 is 6.76. The Hall–Kier alpha value is -2.45. The molecule has 2 amide bonds. The predicted octanol–water partition coefficient (Wildman–Crippen LogP) is 3.50. The Morgan fingerprint density at radius 2 is 2.04 bits per heavy atom. The molecule has 8 heteroatoms. The van der Waals surface area contributed by atoms with Crippen LogP contribution in [0.4, 0.5) is 5.00 Å². The van der Waals surface area contributed by atoms with E-state index in [1.54, 1.807) is 24.3 Å². The Balaban J connectivity index is 1.71. The normalized spacial score (nSPS) is 15.4. The number of primary amides is 1. The SMILES string of the molecule is CCOc1ccc(C(=O)NC(=S)Nc2sc3c(c2C(N)=O)CC[C@@H](C)C3)cc1. The van der Waals surface area contributed by atoms with Crippen molar-refractivity contribution < 1.29 is 14.3 Å². The third-order valence-corrected chi connectivity index (χ3v) is 6.01. The van der Waals surface area contributed by atoms with Crippen LogP contribution in [-0.2, 0) is 12.8 Å². The molecule has 1 aliphatic rings. The highest BCUT2D eigenvalue weighted by atomic mass is 32.1. The number of thiocarbonyl (C=S) groups is 1. The Morgan fingerprint density at radius 3 is 2.68 bits per heavy atom. The summed E-state index contributed by atoms with van der Waals surface area (Å²) in [6.07, 6.45) is 2.79. The molecule has 0 radical (unpaired) electrons. The molecule has 1 aromatic carbocycles. The van der Waals surface area contributed by atoms with E-state index in [1.807, 2.05) is 6.92 Å². The van der Waals surface area contributed by atoms with Gasteiger partial charge in [0.1, 0.15) is 10.8 Å². The number of anilines is 1. The molecule has 1 aromatic heterocycles. The van der Waals surface area contributed by atoms with Crippen molar-refractivity contribution in [3.63, 3.8) is 0 Å². The number of nitrogens with two attached hydrogens (primary N) is 1. The Kier molecular flexibility index (Phi) is 6.31. The topological polar surface area (TPSA) is 93.4 Å². The van der Waals surface area contributed by atoms with Crippen molar-refractivity contribution in [3.05, 3.63) is 45.8 Å². The Bertz CT molecular complexity index is 906. The zero-order valence-corrected chi connectivity index (χ0v) is 17.5. The fourth-order valence-electron chi connectivity index (χ4n) is 3.28. The molecule has 1 aliphatic carbocycles. The van der Waals surface area contributed by atoms with Crippen LogP contribution in [0.15, 0.2) is 24.3 Å². The van der Waals surface area contributed by atoms with Gasteiger partial charge in [0.25, 0.3) is 11.8 Å². The minimum Gasteiger partial charge on any atom is -0.494 e. The van der Waals surface area contributed by atoms with Crippen molar-refractivity contribution in [1.29, 1.82) is 0 Å². The van der Waals surface area contributed by atoms with Crippen molar-refractivity contribution >= 4 is 45.5 Å². The van der Waals surface area contributed by atoms with Gasteiger partial charge < -0.3 is 15.8 Å². The van der Waals surface area contributed by atoms with Crippen molar-refractivity contribution in [3.8, 4) is 5.75 Å². The van der Waals surface area contributed by atoms with Gasteiger partial charge in [-0.05, 0) is 74.2 Å². The number of thiophene rings is 1. The van der Waals surface area contributed by atoms with Crippen molar-refractivity contribution in [2.75, 3.05) is 11.9 Å². The van der Waals surface area contributed by atoms with Crippen LogP contribution < -0.4 is 21.1 Å². The molecule has 0 fully saturated rings. The van der Waals surface area contributed by atoms with Crippen molar-refractivity contribution in [2.24, 2.45) is 11.7 Å². The van der Waals surface area contributed by atoms with Gasteiger partial charge in [-0.25, -0.2) is 0 Å². The molecule has 1 atom stereocenters. The first-order valence-corrected chi connectivity index (χ1v) is 10.4. The van der Waals surface area contributed by atoms with Gasteiger partial charge in [0.05, 0.1) is 12.2 Å². The number of carbonyl (C=O) groups is 2. The molecule has 0 saturated carbocycles. The van der Waals surface area contributed by atoms with E-state index >= 15 is 0 Å². The standard InChI is InChI=1S/C20H23N3O3S2/c1-3-26-13-7-5-12(6-8-13)18(25)22-20(27)23-19-16(17(21)24)14-9-4-11(2)10-15(14)28-19/h5-8,11H,3-4,9-10H2,1-2H3,(H2,21,24)(H2,22,23,25,27)/t11-/m1/s1. The molecule has 2 aromatic rings. The van der Waals surface area contributed by atoms with Gasteiger partial charge in [-0.2, -0.15) is 0 Å². The second kappa shape index (κ2) is 8.70. The van der Waals surface area contributed by atoms with Gasteiger partial charge in [-0.15, -0.1) is 11.3 Å². The number of amides is 2. The molecule has 28 heavy (non-hydrogen) atoms. The number of fused-ring (bicyclic) bond motifs is 1. The molecule has 0 bridgehead atoms. The Morgan fingerprint density at radius 1 is 1.32 bits per heavy atom. The summed E-state index contributed by atoms with van der Waals surface area (Å²) in [6.45, 7) is 4.65. The lowest BCUT2D eigenvalue weighted by molar-refractivity contribution is 0.0975. The summed E-state index contributed by atoms with van der Waals surface area (Å²) in [5.74, 6) is 0.460. The number of nitrogens with one attached hydrogen (secondary N) is 2. The molecule has 3 rings (SSSR count). The van der Waals surface area contributed by atoms with Gasteiger partial charge in [-0.3, -0.25) is 14.9 Å². The van der Waals surface area contributed by atoms with Crippen LogP contribution in [0.5, 0.6) is 5.75 Å². The average Bonchev–Trinajstić information content (AvgIpc) is 2.99. The van der Waals surface area contributed by atoms with Crippen molar-refractivity contribution in [1.82, 2.24) is 5.32 Å². The highest BCUT2D eigenvalue weighted by Crippen LogP contribution is 2.39. The van der Waals surface area contributed by atoms with Crippen LogP contribution in [0.1, 0.15) is 51.4 Å². The largest absolute Gasteiger partial charge is 0.494 e. The van der Waals surface area contributed by atoms with E-state index in [0.717, 1.165) is 29.7 Å². The summed E-state index contributed by atoms with van der Waals surface area (Å²) in [5, 5.41) is 6.37. The third-order valence-electron chi connectivity index (χ3n) is 4.64. The van der Waals surface area contributed by atoms with E-state index in [9.17, 15) is 9.59 Å². The maximum Gasteiger partial charge on any atom is 0.257 e. The smallest absolute Gasteiger partial charge is 0.257 e. The molecule has 0 spiro atoms. The highest BCUT2D eigenvalue weighted by Gasteiger charge is 2.27. The summed E-state index contributed by atoms with van der Waals surface area (Å²) in [7, 11) is 0. The monoisotopic (exact) mass is 417 g/mol. The first kappa shape index (κ1) is 20.3. The van der Waals surface area contributed by atoms with Crippen LogP contribution in [0.25, 0.3) is 0 Å². The fourth-order valence-corrected chi connectivity index (χ4v) is 4.96. The molecule has 148 valence electrons. The lowest BCUT2D eigenvalue weighted by Crippen LogP contribution is -2.34. The van der Waals surface area contributed by atoms with E-state index in [4.69, 9.17) is 22.7 Å². The van der Waals surface area contributed by atoms with E-state index in [1.165, 1.54) is 11.3 Å². The minimum absolute atomic E-state index is 0.132. The zero-order chi connectivity index (χ0) is 20.3. The fraction of sp³-hybridized carbons (Fsp3) is 0.350. The molecule has 0 saturated heterocycles. The first-order chi connectivity index (χ1) is 13.4. The third kappa shape index (κ3) is 4.51. The van der Waals surface area contributed by atoms with E-state index < -0.39 is 5.91 Å². The number of hydrogen-bond donors (Lipinski definition) is 3. The molecular weight excluding hydrogens is 394 g/mol. The molecule has 4 N–H and O–H groups in total. The second-order valence-electron chi connectivity index (χ2n) is 6.79. The highest BCUT2D eigenvalue weighted by molar-refractivity contribution is 7.80. The Labute approximate surface area is 173 Å². The number of ether oxygens (including phenoxy) is 1. The first-order valence-electron chi connectivity index (χ1n) is 9.18. The average molecular weight is 418 g/mol. The van der Waals surface area contributed by atoms with Gasteiger partial charge in [0.15, 0.2) is 5.11 Å². The second-order valence-corrected chi connectivity index (χ2v) is 8.30. The van der Waals surface area contributed by atoms with Crippen LogP contribution >= 0.6 is 23.6 Å². The van der Waals surface area contributed by atoms with Gasteiger partial charge in [-0.1, -0.05) is 6.92 Å². The maximum absolute atomic E-state index is 12.4. The minimum atomic E-state index is -0.477. The van der Waals surface area contributed by atoms with Crippen LogP contribution in [0.3, 0.4) is 0 Å². The van der Waals surface area contributed by atoms with E-state index in [-0.39, 0.29) is 11.0 Å². The molecular formula is C20H23N3O3S2. The summed E-state index contributed by atoms with van der Waals surface area (Å²) in [4.78, 5) is 25.6. The molecule has 6 nitrogen and oxygen atoms in total. The van der Waals surface area contributed by atoms with E-state index in [2.05, 4.69) is 17.6 Å². The van der Waals surface area contributed by atoms with E-state index in [0.29, 0.717) is 34.4 Å². The molecule has 0 aliphatic heterocycles. The van der Waals surface area contributed by atoms with Gasteiger partial charge in [0.2, 0.25) is 0 Å². The lowest BCUT2D eigenvalue weighted by Gasteiger charge is -2.18. The van der Waals surface area contributed by atoms with Crippen LogP contribution in [-0.4, -0.2) is 23.5 Å². The lowest BCUT2D eigenvalue weighted by atomic mass is 9.88. The summed E-state index contributed by atoms with van der Waals surface area (Å²) in [6, 6.07) is 6.80. The number of carbonyl (C=O) groups excluding carboxylic acids is 2. The van der Waals surface area contributed by atoms with Gasteiger partial charge >= 0.3 is 0 Å². The maximum atomic E-state index is 12.4. The zero-order valence-electron chi connectivity index (χ0n) is 15.8. The van der Waals surface area contributed by atoms with Gasteiger partial charge in [0, 0.05) is 10.4 Å². The molecule has 1 heterocycles.